The molecule has 1 N–H and O–H groups in total. The number of hydrogen-bond donors (Lipinski definition) is 1. The van der Waals surface area contributed by atoms with Gasteiger partial charge in [0.05, 0.1) is 17.2 Å². The molecule has 0 bridgehead atoms. The Morgan fingerprint density at radius 2 is 1.83 bits per heavy atom. The highest BCUT2D eigenvalue weighted by molar-refractivity contribution is 7.90. The van der Waals surface area contributed by atoms with Crippen molar-refractivity contribution in [1.82, 2.24) is 4.98 Å². The topological polar surface area (TPSA) is 102 Å². The van der Waals surface area contributed by atoms with E-state index in [1.165, 1.54) is 24.3 Å². The van der Waals surface area contributed by atoms with Gasteiger partial charge < -0.3 is 10.1 Å². The van der Waals surface area contributed by atoms with Gasteiger partial charge in [0.1, 0.15) is 9.71 Å². The molecule has 0 aliphatic carbocycles. The van der Waals surface area contributed by atoms with Crippen molar-refractivity contribution < 1.29 is 22.7 Å². The van der Waals surface area contributed by atoms with E-state index in [9.17, 15) is 18.0 Å². The summed E-state index contributed by atoms with van der Waals surface area (Å²) in [5, 5.41) is 3.47. The van der Waals surface area contributed by atoms with E-state index in [0.717, 1.165) is 28.8 Å². The van der Waals surface area contributed by atoms with Crippen molar-refractivity contribution in [2.24, 2.45) is 0 Å². The number of anilines is 1. The fraction of sp³-hybridized carbons (Fsp3) is 0.250. The summed E-state index contributed by atoms with van der Waals surface area (Å²) in [6, 6.07) is 7.48. The van der Waals surface area contributed by atoms with Crippen molar-refractivity contribution in [1.29, 1.82) is 0 Å². The van der Waals surface area contributed by atoms with Crippen molar-refractivity contribution >= 4 is 49.0 Å². The van der Waals surface area contributed by atoms with E-state index in [2.05, 4.69) is 10.3 Å². The number of amides is 1. The van der Waals surface area contributed by atoms with Crippen LogP contribution < -0.4 is 5.32 Å². The maximum absolute atomic E-state index is 12.8. The summed E-state index contributed by atoms with van der Waals surface area (Å²) in [5.74, 6) is -0.995. The maximum atomic E-state index is 12.8. The van der Waals surface area contributed by atoms with Crippen LogP contribution in [0.15, 0.2) is 35.2 Å². The Hall–Kier alpha value is -2.78. The number of rotatable bonds is 5. The molecular formula is C20H20N2O5S2. The lowest BCUT2D eigenvalue weighted by molar-refractivity contribution is 0.0533. The van der Waals surface area contributed by atoms with Gasteiger partial charge in [-0.3, -0.25) is 4.79 Å². The van der Waals surface area contributed by atoms with E-state index >= 15 is 0 Å². The molecule has 1 amide bonds. The molecule has 0 fully saturated rings. The maximum Gasteiger partial charge on any atom is 0.350 e. The van der Waals surface area contributed by atoms with Crippen LogP contribution in [0.2, 0.25) is 0 Å². The lowest BCUT2D eigenvalue weighted by Crippen LogP contribution is -2.15. The summed E-state index contributed by atoms with van der Waals surface area (Å²) in [6.07, 6.45) is 1.10. The smallest absolute Gasteiger partial charge is 0.350 e. The molecule has 0 aliphatic heterocycles. The van der Waals surface area contributed by atoms with E-state index in [4.69, 9.17) is 4.74 Å². The number of thiophene rings is 1. The van der Waals surface area contributed by atoms with Crippen molar-refractivity contribution in [3.63, 3.8) is 0 Å². The van der Waals surface area contributed by atoms with Crippen LogP contribution in [0.1, 0.15) is 38.2 Å². The number of hydrogen-bond acceptors (Lipinski definition) is 7. The number of carbonyl (C=O) groups is 2. The van der Waals surface area contributed by atoms with Crippen LogP contribution in [-0.2, 0) is 14.6 Å². The van der Waals surface area contributed by atoms with E-state index in [-0.39, 0.29) is 21.9 Å². The number of aromatic nitrogens is 1. The molecule has 0 spiro atoms. The first-order valence-electron chi connectivity index (χ1n) is 8.81. The highest BCUT2D eigenvalue weighted by Crippen LogP contribution is 2.38. The number of fused-ring (bicyclic) bond motifs is 1. The molecule has 0 saturated heterocycles. The molecule has 1 aromatic carbocycles. The molecule has 3 rings (SSSR count). The van der Waals surface area contributed by atoms with E-state index in [1.54, 1.807) is 6.92 Å². The predicted octanol–water partition coefficient (Wildman–Crippen LogP) is 3.75. The van der Waals surface area contributed by atoms with Gasteiger partial charge in [-0.1, -0.05) is 0 Å². The Labute approximate surface area is 172 Å². The number of sulfone groups is 1. The zero-order chi connectivity index (χ0) is 21.3. The van der Waals surface area contributed by atoms with Gasteiger partial charge in [0.25, 0.3) is 5.91 Å². The number of nitrogens with zero attached hydrogens (tertiary/aromatic N) is 1. The molecule has 3 aromatic rings. The highest BCUT2D eigenvalue weighted by Gasteiger charge is 2.24. The fourth-order valence-corrected chi connectivity index (χ4v) is 4.72. The van der Waals surface area contributed by atoms with Crippen LogP contribution in [0.4, 0.5) is 5.69 Å². The highest BCUT2D eigenvalue weighted by atomic mass is 32.2. The standard InChI is InChI=1S/C20H20N2O5S2/c1-5-27-20(24)17-16(15-11(2)10-12(3)21-19(15)28-17)22-18(23)13-6-8-14(9-7-13)29(4,25)26/h6-10H,5H2,1-4H3,(H,22,23). The number of ether oxygens (including phenoxy) is 1. The molecule has 0 aliphatic rings. The summed E-state index contributed by atoms with van der Waals surface area (Å²) in [5.41, 5.74) is 2.30. The Morgan fingerprint density at radius 3 is 2.41 bits per heavy atom. The normalized spacial score (nSPS) is 11.4. The Kier molecular flexibility index (Phi) is 5.72. The third kappa shape index (κ3) is 4.30. The number of nitrogens with one attached hydrogen (secondary N) is 1. The van der Waals surface area contributed by atoms with Crippen LogP contribution in [-0.4, -0.2) is 38.1 Å². The number of aryl methyl sites for hydroxylation is 2. The number of benzene rings is 1. The molecule has 2 aromatic heterocycles. The summed E-state index contributed by atoms with van der Waals surface area (Å²) in [7, 11) is -3.36. The largest absolute Gasteiger partial charge is 0.462 e. The summed E-state index contributed by atoms with van der Waals surface area (Å²) < 4.78 is 28.3. The molecule has 0 saturated carbocycles. The average Bonchev–Trinajstić information content (AvgIpc) is 2.99. The van der Waals surface area contributed by atoms with Crippen LogP contribution in [0, 0.1) is 13.8 Å². The zero-order valence-corrected chi connectivity index (χ0v) is 18.0. The molecule has 7 nitrogen and oxygen atoms in total. The van der Waals surface area contributed by atoms with Crippen LogP contribution in [0.5, 0.6) is 0 Å². The van der Waals surface area contributed by atoms with Gasteiger partial charge >= 0.3 is 5.97 Å². The molecule has 2 heterocycles. The summed E-state index contributed by atoms with van der Waals surface area (Å²) >= 11 is 1.16. The minimum Gasteiger partial charge on any atom is -0.462 e. The average molecular weight is 433 g/mol. The van der Waals surface area contributed by atoms with E-state index in [0.29, 0.717) is 15.9 Å². The first kappa shape index (κ1) is 20.9. The Bertz CT molecular complexity index is 1210. The molecular weight excluding hydrogens is 412 g/mol. The molecule has 29 heavy (non-hydrogen) atoms. The summed E-state index contributed by atoms with van der Waals surface area (Å²) in [6.45, 7) is 5.66. The first-order chi connectivity index (χ1) is 13.6. The molecule has 152 valence electrons. The number of carbonyl (C=O) groups excluding carboxylic acids is 2. The quantitative estimate of drug-likeness (QED) is 0.616. The molecule has 0 radical (unpaired) electrons. The SMILES string of the molecule is CCOC(=O)c1sc2nc(C)cc(C)c2c1NC(=O)c1ccc(S(C)(=O)=O)cc1. The predicted molar refractivity (Wildman–Crippen MR) is 113 cm³/mol. The van der Waals surface area contributed by atoms with Gasteiger partial charge in [0.2, 0.25) is 0 Å². The van der Waals surface area contributed by atoms with Gasteiger partial charge in [-0.25, -0.2) is 18.2 Å². The third-order valence-corrected chi connectivity index (χ3v) is 6.42. The molecule has 0 unspecified atom stereocenters. The Morgan fingerprint density at radius 1 is 1.17 bits per heavy atom. The van der Waals surface area contributed by atoms with Crippen LogP contribution >= 0.6 is 11.3 Å². The minimum absolute atomic E-state index is 0.123. The number of pyridine rings is 1. The van der Waals surface area contributed by atoms with Gasteiger partial charge in [0, 0.05) is 22.9 Å². The second-order valence-electron chi connectivity index (χ2n) is 6.54. The molecule has 9 heteroatoms. The van der Waals surface area contributed by atoms with Crippen LogP contribution in [0.25, 0.3) is 10.2 Å². The van der Waals surface area contributed by atoms with Crippen molar-refractivity contribution in [3.05, 3.63) is 52.0 Å². The monoisotopic (exact) mass is 432 g/mol. The van der Waals surface area contributed by atoms with Gasteiger partial charge in [-0.2, -0.15) is 0 Å². The second kappa shape index (κ2) is 7.92. The minimum atomic E-state index is -3.36. The van der Waals surface area contributed by atoms with E-state index < -0.39 is 21.7 Å². The van der Waals surface area contributed by atoms with Gasteiger partial charge in [0.15, 0.2) is 9.84 Å². The van der Waals surface area contributed by atoms with Gasteiger partial charge in [-0.05, 0) is 56.7 Å². The third-order valence-electron chi connectivity index (χ3n) is 4.23. The number of esters is 1. The van der Waals surface area contributed by atoms with E-state index in [1.807, 2.05) is 19.9 Å². The second-order valence-corrected chi connectivity index (χ2v) is 9.55. The first-order valence-corrected chi connectivity index (χ1v) is 11.5. The zero-order valence-electron chi connectivity index (χ0n) is 16.4. The van der Waals surface area contributed by atoms with Crippen molar-refractivity contribution in [2.45, 2.75) is 25.7 Å². The van der Waals surface area contributed by atoms with Gasteiger partial charge in [-0.15, -0.1) is 11.3 Å². The van der Waals surface area contributed by atoms with Crippen molar-refractivity contribution in [2.75, 3.05) is 18.2 Å². The fourth-order valence-electron chi connectivity index (χ4n) is 2.94. The summed E-state index contributed by atoms with van der Waals surface area (Å²) in [4.78, 5) is 30.7. The lowest BCUT2D eigenvalue weighted by atomic mass is 10.1. The lowest BCUT2D eigenvalue weighted by Gasteiger charge is -2.09. The van der Waals surface area contributed by atoms with Crippen LogP contribution in [0.3, 0.4) is 0 Å². The van der Waals surface area contributed by atoms with Crippen molar-refractivity contribution in [3.8, 4) is 0 Å². The molecule has 0 atom stereocenters. The Balaban J connectivity index is 2.05.